The van der Waals surface area contributed by atoms with Gasteiger partial charge in [-0.15, -0.1) is 11.3 Å². The van der Waals surface area contributed by atoms with E-state index in [0.717, 1.165) is 36.1 Å². The fourth-order valence-electron chi connectivity index (χ4n) is 4.61. The molecular weight excluding hydrogens is 512 g/mol. The van der Waals surface area contributed by atoms with E-state index < -0.39 is 5.91 Å². The van der Waals surface area contributed by atoms with Gasteiger partial charge >= 0.3 is 0 Å². The first-order chi connectivity index (χ1) is 18.8. The van der Waals surface area contributed by atoms with Crippen LogP contribution in [-0.4, -0.2) is 59.4 Å². The smallest absolute Gasteiger partial charge is 0.268 e. The van der Waals surface area contributed by atoms with Crippen molar-refractivity contribution in [3.05, 3.63) is 70.2 Å². The Balaban J connectivity index is 1.55. The number of primary amides is 1. The van der Waals surface area contributed by atoms with Crippen LogP contribution in [0, 0.1) is 6.92 Å². The van der Waals surface area contributed by atoms with Gasteiger partial charge in [0, 0.05) is 43.3 Å². The van der Waals surface area contributed by atoms with Gasteiger partial charge in [0.15, 0.2) is 0 Å². The molecule has 1 aliphatic rings. The number of anilines is 1. The number of fused-ring (bicyclic) bond motifs is 1. The molecule has 9 nitrogen and oxygen atoms in total. The Morgan fingerprint density at radius 3 is 2.44 bits per heavy atom. The van der Waals surface area contributed by atoms with Gasteiger partial charge in [-0.05, 0) is 36.1 Å². The summed E-state index contributed by atoms with van der Waals surface area (Å²) in [5.74, 6) is -0.828. The lowest BCUT2D eigenvalue weighted by Gasteiger charge is -2.32. The SMILES string of the molecule is CCCCCNC(=O)CN(CC(=O)N(C)N1Cc2ccccc2C1)c1cc(-c2nc(C(N)=O)cs2)ccc1C. The van der Waals surface area contributed by atoms with Crippen LogP contribution in [0.1, 0.15) is 53.4 Å². The highest BCUT2D eigenvalue weighted by atomic mass is 32.1. The summed E-state index contributed by atoms with van der Waals surface area (Å²) in [6.07, 6.45) is 3.04. The van der Waals surface area contributed by atoms with Crippen molar-refractivity contribution in [2.45, 2.75) is 46.2 Å². The van der Waals surface area contributed by atoms with Crippen LogP contribution < -0.4 is 16.0 Å². The molecule has 1 aliphatic heterocycles. The van der Waals surface area contributed by atoms with Gasteiger partial charge in [0.05, 0.1) is 13.1 Å². The molecule has 0 spiro atoms. The number of benzene rings is 2. The average Bonchev–Trinajstić information content (AvgIpc) is 3.58. The van der Waals surface area contributed by atoms with Crippen LogP contribution in [0.15, 0.2) is 47.8 Å². The number of thiazole rings is 1. The fourth-order valence-corrected chi connectivity index (χ4v) is 5.42. The summed E-state index contributed by atoms with van der Waals surface area (Å²) in [5.41, 5.74) is 10.5. The van der Waals surface area contributed by atoms with E-state index in [9.17, 15) is 14.4 Å². The third kappa shape index (κ3) is 7.01. The van der Waals surface area contributed by atoms with E-state index in [1.807, 2.05) is 47.2 Å². The molecule has 0 aliphatic carbocycles. The molecule has 4 rings (SSSR count). The van der Waals surface area contributed by atoms with E-state index in [1.54, 1.807) is 17.4 Å². The number of hydrogen-bond acceptors (Lipinski definition) is 7. The van der Waals surface area contributed by atoms with Crippen molar-refractivity contribution in [2.75, 3.05) is 31.6 Å². The van der Waals surface area contributed by atoms with Crippen molar-refractivity contribution < 1.29 is 14.4 Å². The maximum Gasteiger partial charge on any atom is 0.268 e. The Labute approximate surface area is 233 Å². The van der Waals surface area contributed by atoms with Crippen LogP contribution >= 0.6 is 11.3 Å². The third-order valence-electron chi connectivity index (χ3n) is 6.93. The molecule has 0 bridgehead atoms. The van der Waals surface area contributed by atoms with Gasteiger partial charge in [-0.2, -0.15) is 0 Å². The van der Waals surface area contributed by atoms with E-state index in [4.69, 9.17) is 5.73 Å². The minimum absolute atomic E-state index is 0.0282. The highest BCUT2D eigenvalue weighted by Gasteiger charge is 2.27. The zero-order chi connectivity index (χ0) is 27.9. The Hall–Kier alpha value is -3.76. The Morgan fingerprint density at radius 2 is 1.79 bits per heavy atom. The summed E-state index contributed by atoms with van der Waals surface area (Å²) in [5, 5.41) is 8.94. The van der Waals surface area contributed by atoms with Crippen LogP contribution in [0.3, 0.4) is 0 Å². The Kier molecular flexibility index (Phi) is 9.32. The van der Waals surface area contributed by atoms with E-state index in [0.29, 0.717) is 24.6 Å². The number of carbonyl (C=O) groups excluding carboxylic acids is 3. The molecule has 0 atom stereocenters. The Bertz CT molecular complexity index is 1320. The highest BCUT2D eigenvalue weighted by Crippen LogP contribution is 2.30. The zero-order valence-corrected chi connectivity index (χ0v) is 23.6. The first kappa shape index (κ1) is 28.3. The number of nitrogens with zero attached hydrogens (tertiary/aromatic N) is 4. The van der Waals surface area contributed by atoms with Crippen LogP contribution in [0.2, 0.25) is 0 Å². The lowest BCUT2D eigenvalue weighted by atomic mass is 10.1. The normalized spacial score (nSPS) is 12.7. The first-order valence-electron chi connectivity index (χ1n) is 13.2. The lowest BCUT2D eigenvalue weighted by Crippen LogP contribution is -2.48. The number of nitrogens with one attached hydrogen (secondary N) is 1. The van der Waals surface area contributed by atoms with Gasteiger partial charge < -0.3 is 16.0 Å². The maximum absolute atomic E-state index is 13.5. The van der Waals surface area contributed by atoms with Crippen LogP contribution in [-0.2, 0) is 22.7 Å². The number of aryl methyl sites for hydroxylation is 1. The van der Waals surface area contributed by atoms with Crippen LogP contribution in [0.4, 0.5) is 5.69 Å². The highest BCUT2D eigenvalue weighted by molar-refractivity contribution is 7.13. The number of aromatic nitrogens is 1. The van der Waals surface area contributed by atoms with Gasteiger partial charge in [-0.3, -0.25) is 19.4 Å². The van der Waals surface area contributed by atoms with Crippen LogP contribution in [0.25, 0.3) is 10.6 Å². The van der Waals surface area contributed by atoms with Crippen LogP contribution in [0.5, 0.6) is 0 Å². The molecule has 3 aromatic rings. The molecule has 2 aromatic carbocycles. The topological polar surface area (TPSA) is 112 Å². The van der Waals surface area contributed by atoms with Gasteiger partial charge in [-0.1, -0.05) is 56.2 Å². The Morgan fingerprint density at radius 1 is 1.08 bits per heavy atom. The average molecular weight is 549 g/mol. The molecule has 3 amide bonds. The summed E-state index contributed by atoms with van der Waals surface area (Å²) in [6.45, 7) is 6.08. The second kappa shape index (κ2) is 12.9. The predicted molar refractivity (Wildman–Crippen MR) is 154 cm³/mol. The van der Waals surface area contributed by atoms with Gasteiger partial charge in [0.1, 0.15) is 10.7 Å². The summed E-state index contributed by atoms with van der Waals surface area (Å²) in [7, 11) is 1.78. The van der Waals surface area contributed by atoms with Crippen molar-refractivity contribution in [3.63, 3.8) is 0 Å². The number of likely N-dealkylation sites (N-methyl/N-ethyl adjacent to an activating group) is 1. The fraction of sp³-hybridized carbons (Fsp3) is 0.379. The maximum atomic E-state index is 13.5. The summed E-state index contributed by atoms with van der Waals surface area (Å²) in [6, 6.07) is 14.0. The second-order valence-electron chi connectivity index (χ2n) is 9.83. The molecule has 3 N–H and O–H groups in total. The zero-order valence-electron chi connectivity index (χ0n) is 22.8. The standard InChI is InChI=1S/C29H36N6O3S/c1-4-5-8-13-31-26(36)17-34(18-27(37)33(3)35-15-22-9-6-7-10-23(22)16-35)25-14-21(12-11-20(25)2)29-32-24(19-39-29)28(30)38/h6-7,9-12,14,19H,4-5,8,13,15-18H2,1-3H3,(H2,30,38)(H,31,36). The molecular formula is C29H36N6O3S. The van der Waals surface area contributed by atoms with Gasteiger partial charge in [0.2, 0.25) is 5.91 Å². The number of amides is 3. The molecule has 0 fully saturated rings. The summed E-state index contributed by atoms with van der Waals surface area (Å²) in [4.78, 5) is 44.2. The summed E-state index contributed by atoms with van der Waals surface area (Å²) >= 11 is 1.32. The monoisotopic (exact) mass is 548 g/mol. The molecule has 0 saturated carbocycles. The molecule has 0 unspecified atom stereocenters. The van der Waals surface area contributed by atoms with E-state index in [2.05, 4.69) is 29.4 Å². The number of nitrogens with two attached hydrogens (primary N) is 1. The van der Waals surface area contributed by atoms with Gasteiger partial charge in [0.25, 0.3) is 11.8 Å². The number of unbranched alkanes of at least 4 members (excludes halogenated alkanes) is 2. The molecule has 0 saturated heterocycles. The van der Waals surface area contributed by atoms with Gasteiger partial charge in [-0.25, -0.2) is 9.99 Å². The third-order valence-corrected chi connectivity index (χ3v) is 7.82. The number of carbonyl (C=O) groups is 3. The van der Waals surface area contributed by atoms with Crippen molar-refractivity contribution in [1.29, 1.82) is 0 Å². The quantitative estimate of drug-likeness (QED) is 0.334. The molecule has 1 aromatic heterocycles. The van der Waals surface area contributed by atoms with Crippen molar-refractivity contribution in [2.24, 2.45) is 5.73 Å². The largest absolute Gasteiger partial charge is 0.364 e. The first-order valence-corrected chi connectivity index (χ1v) is 14.1. The summed E-state index contributed by atoms with van der Waals surface area (Å²) < 4.78 is 0. The van der Waals surface area contributed by atoms with Crippen molar-refractivity contribution >= 4 is 34.7 Å². The second-order valence-corrected chi connectivity index (χ2v) is 10.7. The molecule has 2 heterocycles. The molecule has 0 radical (unpaired) electrons. The predicted octanol–water partition coefficient (Wildman–Crippen LogP) is 3.72. The molecule has 39 heavy (non-hydrogen) atoms. The van der Waals surface area contributed by atoms with Crippen molar-refractivity contribution in [3.8, 4) is 10.6 Å². The lowest BCUT2D eigenvalue weighted by molar-refractivity contribution is -0.145. The number of hydrazine groups is 1. The number of rotatable bonds is 12. The minimum atomic E-state index is -0.580. The number of hydrogen-bond donors (Lipinski definition) is 2. The van der Waals surface area contributed by atoms with E-state index in [-0.39, 0.29) is 30.6 Å². The molecule has 206 valence electrons. The molecule has 10 heteroatoms. The van der Waals surface area contributed by atoms with E-state index >= 15 is 0 Å². The van der Waals surface area contributed by atoms with Crippen molar-refractivity contribution in [1.82, 2.24) is 20.3 Å². The van der Waals surface area contributed by atoms with E-state index in [1.165, 1.54) is 22.5 Å². The minimum Gasteiger partial charge on any atom is -0.364 e.